The third-order valence-electron chi connectivity index (χ3n) is 2.81. The first-order valence-corrected chi connectivity index (χ1v) is 8.10. The molecule has 0 heterocycles. The van der Waals surface area contributed by atoms with Crippen molar-refractivity contribution >= 4 is 27.7 Å². The Morgan fingerprint density at radius 2 is 1.78 bits per heavy atom. The van der Waals surface area contributed by atoms with E-state index in [1.807, 2.05) is 63.2 Å². The van der Waals surface area contributed by atoms with Crippen LogP contribution in [0.25, 0.3) is 0 Å². The normalized spacial score (nSPS) is 11.1. The lowest BCUT2D eigenvalue weighted by Gasteiger charge is -2.26. The van der Waals surface area contributed by atoms with Crippen LogP contribution in [0.3, 0.4) is 0 Å². The number of hydrogen-bond acceptors (Lipinski definition) is 3. The van der Waals surface area contributed by atoms with Crippen molar-refractivity contribution in [1.82, 2.24) is 0 Å². The standard InChI is InChI=1S/C18H20BrNO3/c1-18(2,3)23-17(21)20(16-11-7-10-15(19)12-16)22-13-14-8-5-4-6-9-14/h4-12H,13H2,1-3H3. The molecule has 0 unspecified atom stereocenters. The Balaban J connectivity index is 2.19. The van der Waals surface area contributed by atoms with E-state index in [1.54, 1.807) is 12.1 Å². The zero-order valence-corrected chi connectivity index (χ0v) is 15.0. The number of carbonyl (C=O) groups is 1. The number of halogens is 1. The van der Waals surface area contributed by atoms with Crippen LogP contribution in [0.2, 0.25) is 0 Å². The second-order valence-electron chi connectivity index (χ2n) is 6.01. The molecular weight excluding hydrogens is 358 g/mol. The van der Waals surface area contributed by atoms with Crippen molar-refractivity contribution in [3.05, 3.63) is 64.6 Å². The van der Waals surface area contributed by atoms with Gasteiger partial charge in [0.05, 0.1) is 5.69 Å². The lowest BCUT2D eigenvalue weighted by molar-refractivity contribution is 0.0190. The Morgan fingerprint density at radius 3 is 2.39 bits per heavy atom. The van der Waals surface area contributed by atoms with Crippen molar-refractivity contribution in [2.45, 2.75) is 33.0 Å². The number of hydroxylamine groups is 1. The molecule has 0 aliphatic carbocycles. The fourth-order valence-electron chi connectivity index (χ4n) is 1.85. The topological polar surface area (TPSA) is 38.8 Å². The third-order valence-corrected chi connectivity index (χ3v) is 3.30. The SMILES string of the molecule is CC(C)(C)OC(=O)N(OCc1ccccc1)c1cccc(Br)c1. The van der Waals surface area contributed by atoms with Gasteiger partial charge in [-0.15, -0.1) is 0 Å². The maximum absolute atomic E-state index is 12.5. The molecule has 0 N–H and O–H groups in total. The van der Waals surface area contributed by atoms with Gasteiger partial charge in [0.15, 0.2) is 0 Å². The lowest BCUT2D eigenvalue weighted by atomic mass is 10.2. The summed E-state index contributed by atoms with van der Waals surface area (Å²) in [5, 5.41) is 1.18. The summed E-state index contributed by atoms with van der Waals surface area (Å²) in [6.45, 7) is 5.73. The molecule has 23 heavy (non-hydrogen) atoms. The fraction of sp³-hybridized carbons (Fsp3) is 0.278. The smallest absolute Gasteiger partial charge is 0.439 e. The van der Waals surface area contributed by atoms with Crippen LogP contribution >= 0.6 is 15.9 Å². The molecule has 0 aromatic heterocycles. The average molecular weight is 378 g/mol. The first-order valence-electron chi connectivity index (χ1n) is 7.31. The molecule has 4 nitrogen and oxygen atoms in total. The van der Waals surface area contributed by atoms with Gasteiger partial charge in [-0.1, -0.05) is 52.3 Å². The number of ether oxygens (including phenoxy) is 1. The Kier molecular flexibility index (Phi) is 5.80. The number of rotatable bonds is 4. The summed E-state index contributed by atoms with van der Waals surface area (Å²) in [6.07, 6.45) is -0.550. The quantitative estimate of drug-likeness (QED) is 0.676. The predicted octanol–water partition coefficient (Wildman–Crippen LogP) is 5.32. The summed E-state index contributed by atoms with van der Waals surface area (Å²) in [6, 6.07) is 17.0. The molecule has 0 aliphatic rings. The van der Waals surface area contributed by atoms with Crippen LogP contribution in [0.5, 0.6) is 0 Å². The van der Waals surface area contributed by atoms with Gasteiger partial charge in [-0.2, -0.15) is 5.06 Å². The van der Waals surface area contributed by atoms with Crippen molar-refractivity contribution < 1.29 is 14.4 Å². The van der Waals surface area contributed by atoms with Gasteiger partial charge in [0.2, 0.25) is 0 Å². The van der Waals surface area contributed by atoms with Gasteiger partial charge in [0.25, 0.3) is 0 Å². The molecule has 5 heteroatoms. The zero-order chi connectivity index (χ0) is 16.9. The van der Waals surface area contributed by atoms with E-state index in [2.05, 4.69) is 15.9 Å². The zero-order valence-electron chi connectivity index (χ0n) is 13.5. The van der Waals surface area contributed by atoms with E-state index in [0.29, 0.717) is 5.69 Å². The maximum Gasteiger partial charge on any atom is 0.439 e. The van der Waals surface area contributed by atoms with Crippen LogP contribution in [0.4, 0.5) is 10.5 Å². The molecule has 122 valence electrons. The summed E-state index contributed by atoms with van der Waals surface area (Å²) >= 11 is 3.40. The van der Waals surface area contributed by atoms with E-state index in [4.69, 9.17) is 9.57 Å². The molecule has 2 aromatic carbocycles. The minimum Gasteiger partial charge on any atom is -0.442 e. The number of amides is 1. The van der Waals surface area contributed by atoms with Crippen LogP contribution < -0.4 is 5.06 Å². The van der Waals surface area contributed by atoms with Crippen LogP contribution in [0.15, 0.2) is 59.1 Å². The molecule has 0 bridgehead atoms. The summed E-state index contributed by atoms with van der Waals surface area (Å²) in [5.41, 5.74) is 0.970. The highest BCUT2D eigenvalue weighted by Crippen LogP contribution is 2.23. The molecule has 0 atom stereocenters. The van der Waals surface area contributed by atoms with Crippen molar-refractivity contribution in [3.63, 3.8) is 0 Å². The monoisotopic (exact) mass is 377 g/mol. The van der Waals surface area contributed by atoms with Crippen molar-refractivity contribution in [2.75, 3.05) is 5.06 Å². The van der Waals surface area contributed by atoms with Crippen LogP contribution in [-0.2, 0) is 16.2 Å². The number of benzene rings is 2. The van der Waals surface area contributed by atoms with E-state index in [0.717, 1.165) is 10.0 Å². The van der Waals surface area contributed by atoms with Crippen LogP contribution in [0, 0.1) is 0 Å². The van der Waals surface area contributed by atoms with E-state index in [-0.39, 0.29) is 6.61 Å². The van der Waals surface area contributed by atoms with Gasteiger partial charge < -0.3 is 4.74 Å². The molecular formula is C18H20BrNO3. The summed E-state index contributed by atoms with van der Waals surface area (Å²) < 4.78 is 6.28. The predicted molar refractivity (Wildman–Crippen MR) is 94.1 cm³/mol. The van der Waals surface area contributed by atoms with Crippen LogP contribution in [0.1, 0.15) is 26.3 Å². The first kappa shape index (κ1) is 17.5. The first-order chi connectivity index (χ1) is 10.8. The van der Waals surface area contributed by atoms with E-state index in [9.17, 15) is 4.79 Å². The van der Waals surface area contributed by atoms with Gasteiger partial charge >= 0.3 is 6.09 Å². The van der Waals surface area contributed by atoms with Gasteiger partial charge in [0, 0.05) is 4.47 Å². The largest absolute Gasteiger partial charge is 0.442 e. The molecule has 0 spiro atoms. The summed E-state index contributed by atoms with van der Waals surface area (Å²) in [7, 11) is 0. The third kappa shape index (κ3) is 5.69. The second-order valence-corrected chi connectivity index (χ2v) is 6.93. The minimum atomic E-state index is -0.600. The number of carbonyl (C=O) groups excluding carboxylic acids is 1. The molecule has 1 amide bonds. The number of anilines is 1. The van der Waals surface area contributed by atoms with E-state index in [1.165, 1.54) is 5.06 Å². The van der Waals surface area contributed by atoms with Gasteiger partial charge in [-0.3, -0.25) is 4.84 Å². The number of hydrogen-bond donors (Lipinski definition) is 0. The minimum absolute atomic E-state index is 0.270. The van der Waals surface area contributed by atoms with Crippen molar-refractivity contribution in [2.24, 2.45) is 0 Å². The van der Waals surface area contributed by atoms with Gasteiger partial charge in [0.1, 0.15) is 12.2 Å². The van der Waals surface area contributed by atoms with E-state index >= 15 is 0 Å². The van der Waals surface area contributed by atoms with Crippen molar-refractivity contribution in [1.29, 1.82) is 0 Å². The molecule has 0 saturated heterocycles. The molecule has 2 aromatic rings. The Morgan fingerprint density at radius 1 is 1.09 bits per heavy atom. The molecule has 2 rings (SSSR count). The fourth-order valence-corrected chi connectivity index (χ4v) is 2.24. The average Bonchev–Trinajstić information content (AvgIpc) is 2.47. The second kappa shape index (κ2) is 7.62. The summed E-state index contributed by atoms with van der Waals surface area (Å²) in [5.74, 6) is 0. The number of nitrogens with zero attached hydrogens (tertiary/aromatic N) is 1. The summed E-state index contributed by atoms with van der Waals surface area (Å²) in [4.78, 5) is 18.2. The molecule has 0 aliphatic heterocycles. The molecule has 0 saturated carbocycles. The highest BCUT2D eigenvalue weighted by atomic mass is 79.9. The highest BCUT2D eigenvalue weighted by Gasteiger charge is 2.24. The van der Waals surface area contributed by atoms with Crippen LogP contribution in [-0.4, -0.2) is 11.7 Å². The Bertz CT molecular complexity index is 653. The molecule has 0 fully saturated rings. The van der Waals surface area contributed by atoms with E-state index < -0.39 is 11.7 Å². The maximum atomic E-state index is 12.5. The van der Waals surface area contributed by atoms with Gasteiger partial charge in [-0.25, -0.2) is 4.79 Å². The lowest BCUT2D eigenvalue weighted by Crippen LogP contribution is -2.36. The highest BCUT2D eigenvalue weighted by molar-refractivity contribution is 9.10. The Hall–Kier alpha value is -1.85. The molecule has 0 radical (unpaired) electrons. The van der Waals surface area contributed by atoms with Crippen molar-refractivity contribution in [3.8, 4) is 0 Å². The van der Waals surface area contributed by atoms with Gasteiger partial charge in [-0.05, 0) is 44.5 Å². The Labute approximate surface area is 145 Å².